The first-order chi connectivity index (χ1) is 6.00. The number of alkyl halides is 2. The molecule has 1 rings (SSSR count). The largest absolute Gasteiger partial charge is 0.263 e. The summed E-state index contributed by atoms with van der Waals surface area (Å²) in [6.45, 7) is 5.45. The minimum absolute atomic E-state index is 0.236. The third-order valence-corrected chi connectivity index (χ3v) is 1.84. The van der Waals surface area contributed by atoms with Crippen molar-refractivity contribution in [3.63, 3.8) is 0 Å². The van der Waals surface area contributed by atoms with E-state index in [1.807, 2.05) is 26.8 Å². The smallest absolute Gasteiger partial charge is 0.257 e. The normalized spacial score (nSPS) is 11.6. The topological polar surface area (TPSA) is 17.8 Å². The van der Waals surface area contributed by atoms with Crippen molar-refractivity contribution in [2.45, 2.75) is 39.7 Å². The van der Waals surface area contributed by atoms with Gasteiger partial charge >= 0.3 is 0 Å². The van der Waals surface area contributed by atoms with Gasteiger partial charge in [-0.25, -0.2) is 8.78 Å². The molecule has 0 N–H and O–H groups in total. The Morgan fingerprint density at radius 1 is 1.46 bits per heavy atom. The van der Waals surface area contributed by atoms with E-state index in [0.29, 0.717) is 0 Å². The maximum absolute atomic E-state index is 12.1. The Hall–Kier alpha value is -0.930. The molecule has 0 radical (unpaired) electrons. The Morgan fingerprint density at radius 2 is 2.08 bits per heavy atom. The summed E-state index contributed by atoms with van der Waals surface area (Å²) in [7, 11) is 0. The van der Waals surface area contributed by atoms with Gasteiger partial charge in [-0.1, -0.05) is 13.8 Å². The van der Waals surface area contributed by atoms with Gasteiger partial charge in [0.2, 0.25) is 0 Å². The van der Waals surface area contributed by atoms with Crippen LogP contribution in [0.5, 0.6) is 0 Å². The molecule has 1 aromatic rings. The average Bonchev–Trinajstić information content (AvgIpc) is 2.29. The Morgan fingerprint density at radius 3 is 2.54 bits per heavy atom. The lowest BCUT2D eigenvalue weighted by Crippen LogP contribution is -2.12. The summed E-state index contributed by atoms with van der Waals surface area (Å²) in [4.78, 5) is 0. The van der Waals surface area contributed by atoms with Crippen LogP contribution in [0.2, 0.25) is 0 Å². The third kappa shape index (κ3) is 2.50. The zero-order chi connectivity index (χ0) is 10.0. The van der Waals surface area contributed by atoms with Crippen molar-refractivity contribution >= 4 is 0 Å². The van der Waals surface area contributed by atoms with Gasteiger partial charge in [0.15, 0.2) is 0 Å². The van der Waals surface area contributed by atoms with E-state index in [0.717, 1.165) is 11.4 Å². The zero-order valence-corrected chi connectivity index (χ0v) is 8.09. The van der Waals surface area contributed by atoms with Crippen LogP contribution in [-0.2, 0) is 6.54 Å². The monoisotopic (exact) mass is 188 g/mol. The van der Waals surface area contributed by atoms with Crippen LogP contribution in [0.4, 0.5) is 8.78 Å². The van der Waals surface area contributed by atoms with Gasteiger partial charge in [0.05, 0.1) is 5.69 Å². The number of nitrogens with zero attached hydrogens (tertiary/aromatic N) is 2. The number of rotatable bonds is 3. The number of halogens is 2. The maximum Gasteiger partial charge on any atom is 0.257 e. The molecule has 0 amide bonds. The molecule has 1 heterocycles. The lowest BCUT2D eigenvalue weighted by Gasteiger charge is -2.08. The van der Waals surface area contributed by atoms with Crippen molar-refractivity contribution in [1.82, 2.24) is 9.78 Å². The summed E-state index contributed by atoms with van der Waals surface area (Å²) in [6.07, 6.45) is -2.34. The molecule has 0 saturated carbocycles. The molecule has 0 spiro atoms. The van der Waals surface area contributed by atoms with Crippen LogP contribution < -0.4 is 0 Å². The zero-order valence-electron chi connectivity index (χ0n) is 8.09. The van der Waals surface area contributed by atoms with Crippen LogP contribution in [0.15, 0.2) is 6.07 Å². The molecule has 2 nitrogen and oxygen atoms in total. The molecule has 0 aromatic carbocycles. The molecular formula is C9H14F2N2. The van der Waals surface area contributed by atoms with Crippen molar-refractivity contribution in [2.75, 3.05) is 0 Å². The summed E-state index contributed by atoms with van der Waals surface area (Å²) >= 11 is 0. The quantitative estimate of drug-likeness (QED) is 0.712. The van der Waals surface area contributed by atoms with E-state index in [2.05, 4.69) is 5.10 Å². The third-order valence-electron chi connectivity index (χ3n) is 1.84. The minimum Gasteiger partial charge on any atom is -0.263 e. The Balaban J connectivity index is 2.91. The minimum atomic E-state index is -2.34. The second-order valence-corrected chi connectivity index (χ2v) is 3.44. The fraction of sp³-hybridized carbons (Fsp3) is 0.667. The van der Waals surface area contributed by atoms with E-state index >= 15 is 0 Å². The van der Waals surface area contributed by atoms with Gasteiger partial charge in [0, 0.05) is 5.69 Å². The molecule has 0 fully saturated rings. The predicted molar refractivity (Wildman–Crippen MR) is 47.1 cm³/mol. The Kier molecular flexibility index (Phi) is 3.01. The molecule has 0 unspecified atom stereocenters. The van der Waals surface area contributed by atoms with Gasteiger partial charge in [-0.3, -0.25) is 4.68 Å². The van der Waals surface area contributed by atoms with Crippen molar-refractivity contribution in [3.8, 4) is 0 Å². The van der Waals surface area contributed by atoms with E-state index in [4.69, 9.17) is 0 Å². The van der Waals surface area contributed by atoms with Gasteiger partial charge in [-0.2, -0.15) is 5.10 Å². The average molecular weight is 188 g/mol. The molecular weight excluding hydrogens is 174 g/mol. The van der Waals surface area contributed by atoms with Crippen LogP contribution >= 0.6 is 0 Å². The molecule has 4 heteroatoms. The molecule has 0 aliphatic carbocycles. The Bertz CT molecular complexity index is 279. The number of aryl methyl sites for hydroxylation is 1. The van der Waals surface area contributed by atoms with Crippen LogP contribution in [-0.4, -0.2) is 16.2 Å². The van der Waals surface area contributed by atoms with Gasteiger partial charge in [0.25, 0.3) is 6.43 Å². The fourth-order valence-electron chi connectivity index (χ4n) is 1.31. The summed E-state index contributed by atoms with van der Waals surface area (Å²) < 4.78 is 25.6. The highest BCUT2D eigenvalue weighted by Crippen LogP contribution is 2.16. The molecule has 74 valence electrons. The van der Waals surface area contributed by atoms with Gasteiger partial charge in [-0.05, 0) is 18.9 Å². The summed E-state index contributed by atoms with van der Waals surface area (Å²) in [6, 6.07) is 1.85. The molecule has 0 atom stereocenters. The van der Waals surface area contributed by atoms with E-state index in [1.165, 1.54) is 4.68 Å². The molecule has 1 aromatic heterocycles. The van der Waals surface area contributed by atoms with Crippen LogP contribution in [0.3, 0.4) is 0 Å². The summed E-state index contributed by atoms with van der Waals surface area (Å²) in [5.41, 5.74) is 1.67. The van der Waals surface area contributed by atoms with E-state index in [9.17, 15) is 8.78 Å². The van der Waals surface area contributed by atoms with E-state index < -0.39 is 6.43 Å². The van der Waals surface area contributed by atoms with Crippen LogP contribution in [0, 0.1) is 6.92 Å². The van der Waals surface area contributed by atoms with Crippen LogP contribution in [0.1, 0.15) is 31.2 Å². The number of hydrogen-bond donors (Lipinski definition) is 0. The van der Waals surface area contributed by atoms with Crippen molar-refractivity contribution in [2.24, 2.45) is 0 Å². The van der Waals surface area contributed by atoms with Gasteiger partial charge in [-0.15, -0.1) is 0 Å². The highest BCUT2D eigenvalue weighted by atomic mass is 19.3. The lowest BCUT2D eigenvalue weighted by molar-refractivity contribution is 0.120. The van der Waals surface area contributed by atoms with Crippen LogP contribution in [0.25, 0.3) is 0 Å². The SMILES string of the molecule is Cc1cc(C(C)C)n(CC(F)F)n1. The van der Waals surface area contributed by atoms with E-state index in [1.54, 1.807) is 0 Å². The second-order valence-electron chi connectivity index (χ2n) is 3.44. The second kappa shape index (κ2) is 3.85. The predicted octanol–water partition coefficient (Wildman–Crippen LogP) is 2.58. The molecule has 13 heavy (non-hydrogen) atoms. The highest BCUT2D eigenvalue weighted by molar-refractivity contribution is 5.12. The van der Waals surface area contributed by atoms with Gasteiger partial charge < -0.3 is 0 Å². The molecule has 0 bridgehead atoms. The van der Waals surface area contributed by atoms with Crippen molar-refractivity contribution in [3.05, 3.63) is 17.5 Å². The maximum atomic E-state index is 12.1. The fourth-order valence-corrected chi connectivity index (χ4v) is 1.31. The lowest BCUT2D eigenvalue weighted by atomic mass is 10.1. The first-order valence-electron chi connectivity index (χ1n) is 4.33. The summed E-state index contributed by atoms with van der Waals surface area (Å²) in [5.74, 6) is 0.236. The standard InChI is InChI=1S/C9H14F2N2/c1-6(2)8-4-7(3)12-13(8)5-9(10)11/h4,6,9H,5H2,1-3H3. The summed E-state index contributed by atoms with van der Waals surface area (Å²) in [5, 5.41) is 4.01. The molecule has 0 aliphatic heterocycles. The first-order valence-corrected chi connectivity index (χ1v) is 4.33. The number of hydrogen-bond acceptors (Lipinski definition) is 1. The molecule has 0 saturated heterocycles. The number of aromatic nitrogens is 2. The Labute approximate surface area is 76.6 Å². The van der Waals surface area contributed by atoms with E-state index in [-0.39, 0.29) is 12.5 Å². The highest BCUT2D eigenvalue weighted by Gasteiger charge is 2.12. The van der Waals surface area contributed by atoms with Gasteiger partial charge in [0.1, 0.15) is 6.54 Å². The molecule has 0 aliphatic rings. The van der Waals surface area contributed by atoms with Crippen molar-refractivity contribution in [1.29, 1.82) is 0 Å². The first kappa shape index (κ1) is 10.2. The van der Waals surface area contributed by atoms with Crippen molar-refractivity contribution < 1.29 is 8.78 Å².